The van der Waals surface area contributed by atoms with E-state index < -0.39 is 5.67 Å². The van der Waals surface area contributed by atoms with Crippen molar-refractivity contribution in [1.82, 2.24) is 24.7 Å². The first-order valence-electron chi connectivity index (χ1n) is 13.3. The molecular weight excluding hydrogens is 537 g/mol. The molecule has 0 unspecified atom stereocenters. The minimum absolute atomic E-state index is 0.131. The van der Waals surface area contributed by atoms with Gasteiger partial charge in [-0.1, -0.05) is 11.6 Å². The molecule has 6 rings (SSSR count). The van der Waals surface area contributed by atoms with E-state index in [0.29, 0.717) is 31.0 Å². The Morgan fingerprint density at radius 3 is 2.56 bits per heavy atom. The number of fused-ring (bicyclic) bond motifs is 2. The van der Waals surface area contributed by atoms with Crippen LogP contribution >= 0.6 is 22.9 Å². The molecular formula is C29H31ClFN5O2S. The Labute approximate surface area is 235 Å². The van der Waals surface area contributed by atoms with Crippen LogP contribution in [0.1, 0.15) is 31.6 Å². The van der Waals surface area contributed by atoms with Crippen LogP contribution in [0.4, 0.5) is 4.39 Å². The molecule has 5 heterocycles. The molecule has 0 bridgehead atoms. The molecule has 0 radical (unpaired) electrons. The quantitative estimate of drug-likeness (QED) is 0.323. The third-order valence-corrected chi connectivity index (χ3v) is 9.22. The predicted octanol–water partition coefficient (Wildman–Crippen LogP) is 5.24. The highest BCUT2D eigenvalue weighted by atomic mass is 35.5. The van der Waals surface area contributed by atoms with Crippen LogP contribution < -0.4 is 5.32 Å². The number of hydrogen-bond acceptors (Lipinski definition) is 6. The number of hydrogen-bond donors (Lipinski definition) is 1. The van der Waals surface area contributed by atoms with E-state index in [0.717, 1.165) is 37.1 Å². The molecule has 0 saturated carbocycles. The van der Waals surface area contributed by atoms with Crippen LogP contribution in [0.3, 0.4) is 0 Å². The molecule has 2 aliphatic heterocycles. The van der Waals surface area contributed by atoms with Gasteiger partial charge in [-0.05, 0) is 70.1 Å². The highest BCUT2D eigenvalue weighted by Crippen LogP contribution is 2.40. The number of nitrogens with one attached hydrogen (secondary N) is 1. The number of nitrogens with zero attached hydrogens (tertiary/aromatic N) is 4. The zero-order valence-electron chi connectivity index (χ0n) is 22.0. The standard InChI is InChI=1S/C29H31ClFN5O2S/c1-18(2)35-15-25(37)36(26(38)16-35)14-21-13-24-28(39-21)22(3-7-33-24)23-12-20(30)11-19-4-10-34(27(19)23)17-29(31)5-8-32-9-6-29/h3-4,7,10-13,18,32H,5-6,8-9,14-17H2,1-2H3. The van der Waals surface area contributed by atoms with Gasteiger partial charge in [0.05, 0.1) is 41.9 Å². The number of carbonyl (C=O) groups excluding carboxylic acids is 2. The minimum Gasteiger partial charge on any atom is -0.344 e. The molecule has 204 valence electrons. The summed E-state index contributed by atoms with van der Waals surface area (Å²) in [6, 6.07) is 9.87. The van der Waals surface area contributed by atoms with Crippen LogP contribution in [0.2, 0.25) is 5.02 Å². The Hall–Kier alpha value is -2.85. The summed E-state index contributed by atoms with van der Waals surface area (Å²) in [6.45, 7) is 6.30. The number of aromatic nitrogens is 2. The number of imide groups is 1. The number of thiophene rings is 1. The average molecular weight is 568 g/mol. The molecule has 0 atom stereocenters. The van der Waals surface area contributed by atoms with Gasteiger partial charge in [0.25, 0.3) is 0 Å². The summed E-state index contributed by atoms with van der Waals surface area (Å²) in [5, 5.41) is 4.80. The summed E-state index contributed by atoms with van der Waals surface area (Å²) in [7, 11) is 0. The average Bonchev–Trinajstić information content (AvgIpc) is 3.49. The molecule has 1 N–H and O–H groups in total. The molecule has 0 aliphatic carbocycles. The lowest BCUT2D eigenvalue weighted by molar-refractivity contribution is -0.152. The molecule has 2 aliphatic rings. The summed E-state index contributed by atoms with van der Waals surface area (Å²) in [4.78, 5) is 34.3. The molecule has 0 spiro atoms. The van der Waals surface area contributed by atoms with E-state index in [1.165, 1.54) is 16.2 Å². The van der Waals surface area contributed by atoms with Crippen molar-refractivity contribution in [2.24, 2.45) is 0 Å². The van der Waals surface area contributed by atoms with E-state index in [2.05, 4.69) is 10.3 Å². The van der Waals surface area contributed by atoms with Crippen LogP contribution in [0, 0.1) is 0 Å². The lowest BCUT2D eigenvalue weighted by atomic mass is 9.94. The number of halogens is 2. The molecule has 7 nitrogen and oxygen atoms in total. The first-order chi connectivity index (χ1) is 18.7. The second-order valence-electron chi connectivity index (χ2n) is 10.9. The topological polar surface area (TPSA) is 70.5 Å². The Morgan fingerprint density at radius 2 is 1.85 bits per heavy atom. The van der Waals surface area contributed by atoms with E-state index in [4.69, 9.17) is 11.6 Å². The Balaban J connectivity index is 1.37. The largest absolute Gasteiger partial charge is 0.344 e. The van der Waals surface area contributed by atoms with Crippen LogP contribution in [-0.2, 0) is 22.7 Å². The van der Waals surface area contributed by atoms with Gasteiger partial charge < -0.3 is 9.88 Å². The molecule has 39 heavy (non-hydrogen) atoms. The number of piperidine rings is 1. The normalized spacial score (nSPS) is 18.6. The van der Waals surface area contributed by atoms with Crippen molar-refractivity contribution >= 4 is 55.9 Å². The van der Waals surface area contributed by atoms with Gasteiger partial charge in [0.15, 0.2) is 0 Å². The van der Waals surface area contributed by atoms with Gasteiger partial charge in [-0.15, -0.1) is 11.3 Å². The Morgan fingerprint density at radius 1 is 1.10 bits per heavy atom. The molecule has 10 heteroatoms. The number of piperazine rings is 1. The molecule has 3 aromatic heterocycles. The van der Waals surface area contributed by atoms with E-state index in [1.54, 1.807) is 6.20 Å². The highest BCUT2D eigenvalue weighted by Gasteiger charge is 2.34. The number of carbonyl (C=O) groups is 2. The SMILES string of the molecule is CC(C)N1CC(=O)N(Cc2cc3nccc(-c4cc(Cl)cc5ccn(CC6(F)CCNCC6)c45)c3s2)C(=O)C1. The third kappa shape index (κ3) is 5.09. The van der Waals surface area contributed by atoms with Crippen molar-refractivity contribution in [3.8, 4) is 11.1 Å². The zero-order valence-corrected chi connectivity index (χ0v) is 23.6. The first kappa shape index (κ1) is 26.4. The van der Waals surface area contributed by atoms with Crippen molar-refractivity contribution in [3.63, 3.8) is 0 Å². The fraction of sp³-hybridized carbons (Fsp3) is 0.414. The van der Waals surface area contributed by atoms with Crippen molar-refractivity contribution in [1.29, 1.82) is 0 Å². The monoisotopic (exact) mass is 567 g/mol. The second-order valence-corrected chi connectivity index (χ2v) is 12.5. The molecule has 2 amide bonds. The van der Waals surface area contributed by atoms with Crippen molar-refractivity contribution in [3.05, 3.63) is 52.6 Å². The van der Waals surface area contributed by atoms with Crippen LogP contribution in [-0.4, -0.2) is 69.1 Å². The fourth-order valence-electron chi connectivity index (χ4n) is 5.68. The maximum Gasteiger partial charge on any atom is 0.243 e. The van der Waals surface area contributed by atoms with Gasteiger partial charge in [0.2, 0.25) is 11.8 Å². The van der Waals surface area contributed by atoms with E-state index >= 15 is 4.39 Å². The number of benzene rings is 1. The molecule has 2 fully saturated rings. The van der Waals surface area contributed by atoms with Crippen molar-refractivity contribution < 1.29 is 14.0 Å². The van der Waals surface area contributed by atoms with Crippen LogP contribution in [0.25, 0.3) is 32.2 Å². The van der Waals surface area contributed by atoms with Gasteiger partial charge in [0, 0.05) is 44.8 Å². The van der Waals surface area contributed by atoms with Gasteiger partial charge in [-0.25, -0.2) is 4.39 Å². The molecule has 1 aromatic carbocycles. The fourth-order valence-corrected chi connectivity index (χ4v) is 7.03. The summed E-state index contributed by atoms with van der Waals surface area (Å²) in [5.41, 5.74) is 2.33. The zero-order chi connectivity index (χ0) is 27.3. The Bertz CT molecular complexity index is 1560. The van der Waals surface area contributed by atoms with E-state index in [-0.39, 0.29) is 44.0 Å². The van der Waals surface area contributed by atoms with E-state index in [1.807, 2.05) is 59.8 Å². The van der Waals surface area contributed by atoms with Gasteiger partial charge in [0.1, 0.15) is 5.67 Å². The van der Waals surface area contributed by atoms with Gasteiger partial charge in [-0.2, -0.15) is 0 Å². The third-order valence-electron chi connectivity index (χ3n) is 7.85. The Kier molecular flexibility index (Phi) is 6.95. The number of pyridine rings is 1. The summed E-state index contributed by atoms with van der Waals surface area (Å²) < 4.78 is 18.7. The minimum atomic E-state index is -1.27. The number of alkyl halides is 1. The van der Waals surface area contributed by atoms with Crippen LogP contribution in [0.5, 0.6) is 0 Å². The van der Waals surface area contributed by atoms with Crippen molar-refractivity contribution in [2.75, 3.05) is 26.2 Å². The summed E-state index contributed by atoms with van der Waals surface area (Å²) >= 11 is 8.09. The lowest BCUT2D eigenvalue weighted by Crippen LogP contribution is -2.55. The van der Waals surface area contributed by atoms with Gasteiger partial charge >= 0.3 is 0 Å². The van der Waals surface area contributed by atoms with E-state index in [9.17, 15) is 9.59 Å². The highest BCUT2D eigenvalue weighted by molar-refractivity contribution is 7.19. The number of amides is 2. The predicted molar refractivity (Wildman–Crippen MR) is 154 cm³/mol. The smallest absolute Gasteiger partial charge is 0.243 e. The second kappa shape index (κ2) is 10.3. The lowest BCUT2D eigenvalue weighted by Gasteiger charge is -2.34. The maximum absolute atomic E-state index is 15.7. The van der Waals surface area contributed by atoms with Crippen LogP contribution in [0.15, 0.2) is 42.7 Å². The number of rotatable bonds is 6. The van der Waals surface area contributed by atoms with Crippen molar-refractivity contribution in [2.45, 2.75) is 51.5 Å². The summed E-state index contributed by atoms with van der Waals surface area (Å²) in [5.74, 6) is -0.365. The molecule has 2 saturated heterocycles. The van der Waals surface area contributed by atoms with Gasteiger partial charge in [-0.3, -0.25) is 24.4 Å². The first-order valence-corrected chi connectivity index (χ1v) is 14.5. The summed E-state index contributed by atoms with van der Waals surface area (Å²) in [6.07, 6.45) is 4.66. The maximum atomic E-state index is 15.7. The molecule has 4 aromatic rings.